The second kappa shape index (κ2) is 9.83. The van der Waals surface area contributed by atoms with Crippen LogP contribution in [0.4, 0.5) is 0 Å². The summed E-state index contributed by atoms with van der Waals surface area (Å²) in [7, 11) is 0. The van der Waals surface area contributed by atoms with Crippen LogP contribution in [-0.4, -0.2) is 11.0 Å². The third-order valence-corrected chi connectivity index (χ3v) is 7.47. The SMILES string of the molecule is CC(=O)c1ccc(-c2sc(-c3ccc(C(=O)Cl)cc3)c(-c3ccccc3)c2-c2ccccc2)cc1. The van der Waals surface area contributed by atoms with Crippen molar-refractivity contribution in [2.75, 3.05) is 0 Å². The van der Waals surface area contributed by atoms with Gasteiger partial charge in [-0.15, -0.1) is 11.3 Å². The Bertz CT molecular complexity index is 1390. The Morgan fingerprint density at radius 1 is 0.543 bits per heavy atom. The fourth-order valence-corrected chi connectivity index (χ4v) is 5.69. The van der Waals surface area contributed by atoms with Gasteiger partial charge >= 0.3 is 0 Å². The molecule has 0 saturated carbocycles. The second-order valence-electron chi connectivity index (χ2n) is 8.23. The average Bonchev–Trinajstić information content (AvgIpc) is 3.30. The summed E-state index contributed by atoms with van der Waals surface area (Å²) >= 11 is 7.40. The average molecular weight is 493 g/mol. The van der Waals surface area contributed by atoms with E-state index in [1.807, 2.05) is 72.8 Å². The van der Waals surface area contributed by atoms with E-state index in [1.54, 1.807) is 30.4 Å². The zero-order valence-corrected chi connectivity index (χ0v) is 20.6. The molecule has 4 heteroatoms. The van der Waals surface area contributed by atoms with Crippen LogP contribution in [0.1, 0.15) is 27.6 Å². The minimum Gasteiger partial charge on any atom is -0.295 e. The number of carbonyl (C=O) groups is 2. The van der Waals surface area contributed by atoms with Crippen molar-refractivity contribution in [1.82, 2.24) is 0 Å². The maximum atomic E-state index is 11.9. The monoisotopic (exact) mass is 492 g/mol. The lowest BCUT2D eigenvalue weighted by Crippen LogP contribution is -1.91. The van der Waals surface area contributed by atoms with Gasteiger partial charge in [0.05, 0.1) is 0 Å². The van der Waals surface area contributed by atoms with Crippen molar-refractivity contribution < 1.29 is 9.59 Å². The number of thiophene rings is 1. The maximum Gasteiger partial charge on any atom is 0.252 e. The molecule has 0 aliphatic carbocycles. The molecule has 4 aromatic carbocycles. The molecule has 0 spiro atoms. The highest BCUT2D eigenvalue weighted by molar-refractivity contribution is 7.20. The number of rotatable bonds is 6. The van der Waals surface area contributed by atoms with E-state index < -0.39 is 5.24 Å². The largest absolute Gasteiger partial charge is 0.295 e. The topological polar surface area (TPSA) is 34.1 Å². The zero-order valence-electron chi connectivity index (χ0n) is 19.0. The van der Waals surface area contributed by atoms with Crippen molar-refractivity contribution >= 4 is 34.0 Å². The third kappa shape index (κ3) is 4.61. The van der Waals surface area contributed by atoms with Crippen molar-refractivity contribution in [2.45, 2.75) is 6.92 Å². The first-order chi connectivity index (χ1) is 17.0. The molecule has 5 aromatic rings. The van der Waals surface area contributed by atoms with Gasteiger partial charge < -0.3 is 0 Å². The number of carbonyl (C=O) groups excluding carboxylic acids is 2. The molecule has 0 unspecified atom stereocenters. The Morgan fingerprint density at radius 3 is 1.31 bits per heavy atom. The number of halogens is 1. The molecule has 2 nitrogen and oxygen atoms in total. The van der Waals surface area contributed by atoms with E-state index in [9.17, 15) is 9.59 Å². The molecule has 0 aliphatic rings. The van der Waals surface area contributed by atoms with Gasteiger partial charge in [0.25, 0.3) is 5.24 Å². The minimum absolute atomic E-state index is 0.0469. The normalized spacial score (nSPS) is 10.8. The summed E-state index contributed by atoms with van der Waals surface area (Å²) in [5.74, 6) is 0.0469. The summed E-state index contributed by atoms with van der Waals surface area (Å²) in [5.41, 5.74) is 7.73. The molecule has 0 saturated heterocycles. The summed E-state index contributed by atoms with van der Waals surface area (Å²) in [5, 5.41) is -0.470. The molecule has 1 heterocycles. The fraction of sp³-hybridized carbons (Fsp3) is 0.0323. The van der Waals surface area contributed by atoms with Crippen LogP contribution in [0.3, 0.4) is 0 Å². The lowest BCUT2D eigenvalue weighted by Gasteiger charge is -2.11. The fourth-order valence-electron chi connectivity index (χ4n) is 4.21. The molecule has 0 N–H and O–H groups in total. The van der Waals surface area contributed by atoms with Gasteiger partial charge in [-0.1, -0.05) is 97.1 Å². The molecule has 0 amide bonds. The van der Waals surface area contributed by atoms with Crippen LogP contribution in [0, 0.1) is 0 Å². The van der Waals surface area contributed by atoms with Crippen LogP contribution in [0.25, 0.3) is 43.1 Å². The van der Waals surface area contributed by atoms with Gasteiger partial charge in [0, 0.05) is 32.0 Å². The summed E-state index contributed by atoms with van der Waals surface area (Å²) in [6, 6.07) is 35.9. The van der Waals surface area contributed by atoms with Crippen LogP contribution >= 0.6 is 22.9 Å². The van der Waals surface area contributed by atoms with Gasteiger partial charge in [-0.05, 0) is 52.9 Å². The van der Waals surface area contributed by atoms with Gasteiger partial charge in [0.1, 0.15) is 0 Å². The summed E-state index contributed by atoms with van der Waals surface area (Å²) in [6.07, 6.45) is 0. The van der Waals surface area contributed by atoms with E-state index in [2.05, 4.69) is 24.3 Å². The zero-order chi connectivity index (χ0) is 24.4. The number of ketones is 1. The highest BCUT2D eigenvalue weighted by Gasteiger charge is 2.23. The van der Waals surface area contributed by atoms with Crippen LogP contribution in [-0.2, 0) is 0 Å². The van der Waals surface area contributed by atoms with Crippen molar-refractivity contribution in [1.29, 1.82) is 0 Å². The van der Waals surface area contributed by atoms with Crippen molar-refractivity contribution in [3.63, 3.8) is 0 Å². The number of Topliss-reactive ketones (excluding diaryl/α,β-unsaturated/α-hetero) is 1. The Labute approximate surface area is 213 Å². The summed E-state index contributed by atoms with van der Waals surface area (Å²) in [6.45, 7) is 1.58. The van der Waals surface area contributed by atoms with Gasteiger partial charge in [0.15, 0.2) is 5.78 Å². The van der Waals surface area contributed by atoms with E-state index in [0.717, 1.165) is 43.1 Å². The van der Waals surface area contributed by atoms with E-state index >= 15 is 0 Å². The molecule has 5 rings (SSSR count). The molecular formula is C31H21ClO2S. The third-order valence-electron chi connectivity index (χ3n) is 5.96. The molecule has 0 bridgehead atoms. The molecule has 0 fully saturated rings. The quantitative estimate of drug-likeness (QED) is 0.175. The van der Waals surface area contributed by atoms with Crippen LogP contribution in [0.5, 0.6) is 0 Å². The molecule has 35 heavy (non-hydrogen) atoms. The van der Waals surface area contributed by atoms with E-state index in [1.165, 1.54) is 0 Å². The Morgan fingerprint density at radius 2 is 0.943 bits per heavy atom. The molecule has 0 radical (unpaired) electrons. The number of hydrogen-bond acceptors (Lipinski definition) is 3. The highest BCUT2D eigenvalue weighted by Crippen LogP contribution is 2.51. The van der Waals surface area contributed by atoms with Crippen molar-refractivity contribution in [2.24, 2.45) is 0 Å². The predicted octanol–water partition coefficient (Wildman–Crippen LogP) is 9.00. The first kappa shape index (κ1) is 23.0. The number of hydrogen-bond donors (Lipinski definition) is 0. The molecule has 0 aliphatic heterocycles. The van der Waals surface area contributed by atoms with Gasteiger partial charge in [-0.2, -0.15) is 0 Å². The Balaban J connectivity index is 1.81. The van der Waals surface area contributed by atoms with Crippen LogP contribution < -0.4 is 0 Å². The van der Waals surface area contributed by atoms with E-state index in [-0.39, 0.29) is 5.78 Å². The smallest absolute Gasteiger partial charge is 0.252 e. The predicted molar refractivity (Wildman–Crippen MR) is 146 cm³/mol. The second-order valence-corrected chi connectivity index (χ2v) is 9.59. The first-order valence-electron chi connectivity index (χ1n) is 11.2. The van der Waals surface area contributed by atoms with Gasteiger partial charge in [-0.3, -0.25) is 9.59 Å². The first-order valence-corrected chi connectivity index (χ1v) is 12.4. The Kier molecular flexibility index (Phi) is 6.45. The molecule has 0 atom stereocenters. The minimum atomic E-state index is -0.470. The molecular weight excluding hydrogens is 472 g/mol. The standard InChI is InChI=1S/C31H21ClO2S/c1-20(33)21-12-14-24(15-13-21)29-27(22-8-4-2-5-9-22)28(23-10-6-3-7-11-23)30(35-29)25-16-18-26(19-17-25)31(32)34/h2-19H,1H3. The maximum absolute atomic E-state index is 11.9. The lowest BCUT2D eigenvalue weighted by atomic mass is 9.91. The molecule has 170 valence electrons. The van der Waals surface area contributed by atoms with Gasteiger partial charge in [0.2, 0.25) is 0 Å². The Hall–Kier alpha value is -3.79. The summed E-state index contributed by atoms with van der Waals surface area (Å²) < 4.78 is 0. The van der Waals surface area contributed by atoms with Gasteiger partial charge in [-0.25, -0.2) is 0 Å². The highest BCUT2D eigenvalue weighted by atomic mass is 35.5. The molecule has 1 aromatic heterocycles. The van der Waals surface area contributed by atoms with E-state index in [4.69, 9.17) is 11.6 Å². The van der Waals surface area contributed by atoms with E-state index in [0.29, 0.717) is 11.1 Å². The summed E-state index contributed by atoms with van der Waals surface area (Å²) in [4.78, 5) is 25.7. The van der Waals surface area contributed by atoms with Crippen molar-refractivity contribution in [3.8, 4) is 43.1 Å². The lowest BCUT2D eigenvalue weighted by molar-refractivity contribution is 0.101. The van der Waals surface area contributed by atoms with Crippen LogP contribution in [0.15, 0.2) is 109 Å². The number of benzene rings is 4. The van der Waals surface area contributed by atoms with Crippen LogP contribution in [0.2, 0.25) is 0 Å². The van der Waals surface area contributed by atoms with Crippen molar-refractivity contribution in [3.05, 3.63) is 120 Å².